The number of benzene rings is 2. The van der Waals surface area contributed by atoms with Gasteiger partial charge in [-0.2, -0.15) is 0 Å². The summed E-state index contributed by atoms with van der Waals surface area (Å²) in [5.41, 5.74) is 17.3. The van der Waals surface area contributed by atoms with Crippen molar-refractivity contribution in [2.45, 2.75) is 77.0 Å². The fourth-order valence-corrected chi connectivity index (χ4v) is 7.30. The molecule has 0 spiro atoms. The third-order valence-electron chi connectivity index (χ3n) is 9.75. The van der Waals surface area contributed by atoms with Crippen LogP contribution in [0.3, 0.4) is 0 Å². The third-order valence-corrected chi connectivity index (χ3v) is 9.75. The number of rotatable bonds is 12. The number of fused-ring (bicyclic) bond motifs is 1. The lowest BCUT2D eigenvalue weighted by molar-refractivity contribution is -0.0206. The summed E-state index contributed by atoms with van der Waals surface area (Å²) < 4.78 is 12.2. The molecule has 2 aromatic rings. The molecule has 4 heteroatoms. The molecular formula is C33H48N2O2. The molecule has 4 unspecified atom stereocenters. The molecule has 4 atom stereocenters. The summed E-state index contributed by atoms with van der Waals surface area (Å²) >= 11 is 0. The molecule has 1 saturated carbocycles. The summed E-state index contributed by atoms with van der Waals surface area (Å²) in [6.45, 7) is 10.9. The van der Waals surface area contributed by atoms with Gasteiger partial charge in [0, 0.05) is 18.0 Å². The minimum Gasteiger partial charge on any atom is -0.496 e. The van der Waals surface area contributed by atoms with E-state index < -0.39 is 0 Å². The zero-order chi connectivity index (χ0) is 26.8. The van der Waals surface area contributed by atoms with E-state index in [1.807, 2.05) is 0 Å². The molecule has 0 amide bonds. The second-order valence-corrected chi connectivity index (χ2v) is 12.3. The molecule has 2 bridgehead atoms. The van der Waals surface area contributed by atoms with Gasteiger partial charge in [-0.05, 0) is 77.7 Å². The number of methoxy groups -OCH3 is 2. The van der Waals surface area contributed by atoms with E-state index in [0.29, 0.717) is 24.3 Å². The average molecular weight is 505 g/mol. The molecular weight excluding hydrogens is 456 g/mol. The maximum absolute atomic E-state index is 6.21. The van der Waals surface area contributed by atoms with Crippen LogP contribution in [0.2, 0.25) is 0 Å². The van der Waals surface area contributed by atoms with Crippen molar-refractivity contribution in [1.29, 1.82) is 0 Å². The summed E-state index contributed by atoms with van der Waals surface area (Å²) in [4.78, 5) is 0. The molecule has 0 aromatic heterocycles. The summed E-state index contributed by atoms with van der Waals surface area (Å²) in [6, 6.07) is 15.5. The quantitative estimate of drug-likeness (QED) is 0.243. The Bertz CT molecular complexity index is 1060. The molecule has 2 aromatic carbocycles. The number of hydrogen-bond donors (Lipinski definition) is 2. The SMILES string of the molecule is COc1cc(C(C)(C)C(CCCCCN)c2ccccc2)cc(OC)c1C1C=C(CN)C2CC1C2(C)C. The van der Waals surface area contributed by atoms with Crippen molar-refractivity contribution >= 4 is 0 Å². The van der Waals surface area contributed by atoms with Gasteiger partial charge in [-0.1, -0.05) is 82.5 Å². The second-order valence-electron chi connectivity index (χ2n) is 12.3. The van der Waals surface area contributed by atoms with Crippen molar-refractivity contribution < 1.29 is 9.47 Å². The predicted octanol–water partition coefficient (Wildman–Crippen LogP) is 6.93. The van der Waals surface area contributed by atoms with Crippen LogP contribution in [0, 0.1) is 17.3 Å². The van der Waals surface area contributed by atoms with E-state index in [4.69, 9.17) is 20.9 Å². The van der Waals surface area contributed by atoms with Crippen LogP contribution in [0.5, 0.6) is 11.5 Å². The third kappa shape index (κ3) is 5.07. The van der Waals surface area contributed by atoms with Crippen molar-refractivity contribution in [2.24, 2.45) is 28.7 Å². The van der Waals surface area contributed by atoms with Crippen LogP contribution in [0.1, 0.15) is 88.3 Å². The largest absolute Gasteiger partial charge is 0.496 e. The Hall–Kier alpha value is -2.30. The molecule has 1 fully saturated rings. The maximum atomic E-state index is 6.21. The molecule has 37 heavy (non-hydrogen) atoms. The first-order valence-corrected chi connectivity index (χ1v) is 14.1. The van der Waals surface area contributed by atoms with E-state index in [2.05, 4.69) is 76.2 Å². The van der Waals surface area contributed by atoms with Gasteiger partial charge in [0.05, 0.1) is 14.2 Å². The first-order chi connectivity index (χ1) is 17.7. The summed E-state index contributed by atoms with van der Waals surface area (Å²) in [5.74, 6) is 3.64. The van der Waals surface area contributed by atoms with Gasteiger partial charge in [-0.3, -0.25) is 0 Å². The van der Waals surface area contributed by atoms with Crippen LogP contribution in [0.15, 0.2) is 54.1 Å². The van der Waals surface area contributed by atoms with Crippen molar-refractivity contribution in [3.63, 3.8) is 0 Å². The minimum atomic E-state index is -0.116. The highest BCUT2D eigenvalue weighted by Crippen LogP contribution is 2.65. The fourth-order valence-electron chi connectivity index (χ4n) is 7.30. The summed E-state index contributed by atoms with van der Waals surface area (Å²) in [6.07, 6.45) is 8.14. The number of ether oxygens (including phenoxy) is 2. The summed E-state index contributed by atoms with van der Waals surface area (Å²) in [5, 5.41) is 0. The van der Waals surface area contributed by atoms with Crippen LogP contribution >= 0.6 is 0 Å². The normalized spacial score (nSPS) is 23.1. The molecule has 3 aliphatic rings. The highest BCUT2D eigenvalue weighted by atomic mass is 16.5. The maximum Gasteiger partial charge on any atom is 0.126 e. The lowest BCUT2D eigenvalue weighted by Crippen LogP contribution is -2.52. The molecule has 3 aliphatic carbocycles. The van der Waals surface area contributed by atoms with Crippen LogP contribution in [-0.4, -0.2) is 27.3 Å². The Labute approximate surface area is 224 Å². The van der Waals surface area contributed by atoms with Crippen molar-refractivity contribution in [3.05, 3.63) is 70.8 Å². The van der Waals surface area contributed by atoms with E-state index in [9.17, 15) is 0 Å². The van der Waals surface area contributed by atoms with Gasteiger partial charge in [0.2, 0.25) is 0 Å². The van der Waals surface area contributed by atoms with E-state index >= 15 is 0 Å². The lowest BCUT2D eigenvalue weighted by Gasteiger charge is -2.59. The van der Waals surface area contributed by atoms with Crippen LogP contribution in [-0.2, 0) is 5.41 Å². The molecule has 202 valence electrons. The highest BCUT2D eigenvalue weighted by Gasteiger charge is 2.56. The molecule has 0 saturated heterocycles. The zero-order valence-corrected chi connectivity index (χ0v) is 23.8. The van der Waals surface area contributed by atoms with Crippen molar-refractivity contribution in [3.8, 4) is 11.5 Å². The second kappa shape index (κ2) is 11.2. The monoisotopic (exact) mass is 504 g/mol. The lowest BCUT2D eigenvalue weighted by atomic mass is 9.45. The number of hydrogen-bond acceptors (Lipinski definition) is 4. The van der Waals surface area contributed by atoms with Crippen LogP contribution in [0.25, 0.3) is 0 Å². The zero-order valence-electron chi connectivity index (χ0n) is 23.8. The fraction of sp³-hybridized carbons (Fsp3) is 0.576. The van der Waals surface area contributed by atoms with Gasteiger partial charge in [-0.25, -0.2) is 0 Å². The highest BCUT2D eigenvalue weighted by molar-refractivity contribution is 5.55. The summed E-state index contributed by atoms with van der Waals surface area (Å²) in [7, 11) is 3.59. The van der Waals surface area contributed by atoms with Gasteiger partial charge in [-0.15, -0.1) is 0 Å². The first-order valence-electron chi connectivity index (χ1n) is 14.1. The number of allylic oxidation sites excluding steroid dienone is 1. The molecule has 5 rings (SSSR count). The van der Waals surface area contributed by atoms with E-state index in [-0.39, 0.29) is 16.7 Å². The minimum absolute atomic E-state index is 0.116. The first kappa shape index (κ1) is 27.7. The van der Waals surface area contributed by atoms with Gasteiger partial charge in [0.15, 0.2) is 0 Å². The number of nitrogens with two attached hydrogens (primary N) is 2. The average Bonchev–Trinajstić information content (AvgIpc) is 2.91. The molecule has 4 nitrogen and oxygen atoms in total. The Morgan fingerprint density at radius 1 is 0.973 bits per heavy atom. The Balaban J connectivity index is 1.76. The number of unbranched alkanes of at least 4 members (excludes halogenated alkanes) is 2. The molecule has 0 heterocycles. The van der Waals surface area contributed by atoms with Gasteiger partial charge in [0.1, 0.15) is 11.5 Å². The molecule has 0 radical (unpaired) electrons. The molecule has 0 aliphatic heterocycles. The molecule has 4 N–H and O–H groups in total. The Kier molecular flexibility index (Phi) is 8.40. The Morgan fingerprint density at radius 3 is 2.16 bits per heavy atom. The smallest absolute Gasteiger partial charge is 0.126 e. The van der Waals surface area contributed by atoms with E-state index in [1.54, 1.807) is 14.2 Å². The van der Waals surface area contributed by atoms with Gasteiger partial charge >= 0.3 is 0 Å². The van der Waals surface area contributed by atoms with E-state index in [0.717, 1.165) is 37.3 Å². The standard InChI is InChI=1S/C33H48N2O2/c1-32(2,26(15-11-8-12-16-34)22-13-9-7-10-14-22)24-18-29(36-5)31(30(19-24)37-6)25-17-23(21-35)27-20-28(25)33(27,3)4/h7,9-10,13-14,17-19,25-28H,8,11-12,15-16,20-21,34-35H2,1-6H3. The van der Waals surface area contributed by atoms with Crippen LogP contribution in [0.4, 0.5) is 0 Å². The predicted molar refractivity (Wildman–Crippen MR) is 155 cm³/mol. The Morgan fingerprint density at radius 2 is 1.62 bits per heavy atom. The van der Waals surface area contributed by atoms with Crippen molar-refractivity contribution in [2.75, 3.05) is 27.3 Å². The van der Waals surface area contributed by atoms with Crippen molar-refractivity contribution in [1.82, 2.24) is 0 Å². The van der Waals surface area contributed by atoms with Gasteiger partial charge < -0.3 is 20.9 Å². The van der Waals surface area contributed by atoms with E-state index in [1.165, 1.54) is 35.1 Å². The van der Waals surface area contributed by atoms with Gasteiger partial charge in [0.25, 0.3) is 0 Å². The topological polar surface area (TPSA) is 70.5 Å². The van der Waals surface area contributed by atoms with Crippen LogP contribution < -0.4 is 20.9 Å².